The molecule has 0 saturated heterocycles. The van der Waals surface area contributed by atoms with Crippen molar-refractivity contribution >= 4 is 27.0 Å². The van der Waals surface area contributed by atoms with Gasteiger partial charge >= 0.3 is 0 Å². The molecule has 2 aromatic rings. The number of thiophene rings is 1. The summed E-state index contributed by atoms with van der Waals surface area (Å²) in [5.74, 6) is 0. The average molecular weight is 314 g/mol. The minimum atomic E-state index is -3.54. The quantitative estimate of drug-likeness (QED) is 0.728. The fourth-order valence-corrected chi connectivity index (χ4v) is 3.35. The van der Waals surface area contributed by atoms with Crippen LogP contribution in [0, 0.1) is 0 Å². The maximum Gasteiger partial charge on any atom is 0.265 e. The van der Waals surface area contributed by atoms with Crippen molar-refractivity contribution < 1.29 is 8.42 Å². The highest BCUT2D eigenvalue weighted by Gasteiger charge is 2.16. The minimum Gasteiger partial charge on any atom is -0.317 e. The van der Waals surface area contributed by atoms with E-state index in [9.17, 15) is 8.42 Å². The van der Waals surface area contributed by atoms with E-state index < -0.39 is 10.0 Å². The van der Waals surface area contributed by atoms with E-state index in [0.29, 0.717) is 12.2 Å². The highest BCUT2D eigenvalue weighted by Crippen LogP contribution is 2.17. The second-order valence-corrected chi connectivity index (χ2v) is 6.73. The topological polar surface area (TPSA) is 76.0 Å². The summed E-state index contributed by atoms with van der Waals surface area (Å²) in [6, 6.07) is 1.73. The van der Waals surface area contributed by atoms with Gasteiger partial charge in [-0.3, -0.25) is 9.40 Å². The van der Waals surface area contributed by atoms with Crippen molar-refractivity contribution in [2.45, 2.75) is 24.8 Å². The first-order chi connectivity index (χ1) is 9.62. The van der Waals surface area contributed by atoms with Crippen LogP contribution in [0.1, 0.15) is 13.3 Å². The Morgan fingerprint density at radius 1 is 1.45 bits per heavy atom. The Labute approximate surface area is 122 Å². The summed E-state index contributed by atoms with van der Waals surface area (Å²) >= 11 is 1.44. The van der Waals surface area contributed by atoms with Gasteiger partial charge in [-0.1, -0.05) is 6.92 Å². The molecule has 0 fully saturated rings. The van der Waals surface area contributed by atoms with Crippen LogP contribution in [0.15, 0.2) is 34.1 Å². The van der Waals surface area contributed by atoms with Crippen LogP contribution in [0.2, 0.25) is 0 Å². The van der Waals surface area contributed by atoms with Gasteiger partial charge in [0.15, 0.2) is 0 Å². The number of hydrogen-bond acceptors (Lipinski definition) is 5. The van der Waals surface area contributed by atoms with Crippen molar-refractivity contribution in [3.63, 3.8) is 0 Å². The molecule has 0 atom stereocenters. The molecular formula is C12H18N4O2S2. The molecule has 0 saturated carbocycles. The van der Waals surface area contributed by atoms with Crippen LogP contribution < -0.4 is 10.0 Å². The zero-order valence-corrected chi connectivity index (χ0v) is 12.9. The largest absolute Gasteiger partial charge is 0.317 e. The van der Waals surface area contributed by atoms with E-state index in [1.165, 1.54) is 17.5 Å². The lowest BCUT2D eigenvalue weighted by Crippen LogP contribution is -2.16. The Kier molecular flexibility index (Phi) is 5.16. The molecule has 0 spiro atoms. The number of rotatable bonds is 8. The zero-order chi connectivity index (χ0) is 14.4. The number of aromatic nitrogens is 2. The fraction of sp³-hybridized carbons (Fsp3) is 0.417. The lowest BCUT2D eigenvalue weighted by molar-refractivity contribution is 0.549. The standard InChI is InChI=1S/C12H18N4O2S2/c1-2-13-5-3-6-16-9-12(8-14-16)20(17,18)15-11-4-7-19-10-11/h4,7-10,13,15H,2-3,5-6H2,1H3. The van der Waals surface area contributed by atoms with Gasteiger partial charge in [0.25, 0.3) is 10.0 Å². The molecule has 110 valence electrons. The Hall–Kier alpha value is -1.38. The summed E-state index contributed by atoms with van der Waals surface area (Å²) in [4.78, 5) is 0.187. The van der Waals surface area contributed by atoms with Crippen LogP contribution in [-0.2, 0) is 16.6 Å². The molecular weight excluding hydrogens is 296 g/mol. The Balaban J connectivity index is 1.97. The van der Waals surface area contributed by atoms with Gasteiger partial charge in [-0.25, -0.2) is 8.42 Å². The summed E-state index contributed by atoms with van der Waals surface area (Å²) in [7, 11) is -3.54. The van der Waals surface area contributed by atoms with E-state index in [4.69, 9.17) is 0 Å². The number of sulfonamides is 1. The molecule has 8 heteroatoms. The zero-order valence-electron chi connectivity index (χ0n) is 11.2. The molecule has 2 N–H and O–H groups in total. The SMILES string of the molecule is CCNCCCn1cc(S(=O)(=O)Nc2ccsc2)cn1. The van der Waals surface area contributed by atoms with E-state index in [-0.39, 0.29) is 4.90 Å². The molecule has 6 nitrogen and oxygen atoms in total. The smallest absolute Gasteiger partial charge is 0.265 e. The number of anilines is 1. The number of aryl methyl sites for hydroxylation is 1. The molecule has 0 radical (unpaired) electrons. The number of hydrogen-bond donors (Lipinski definition) is 2. The molecule has 0 bridgehead atoms. The van der Waals surface area contributed by atoms with Gasteiger partial charge in [0.1, 0.15) is 4.90 Å². The molecule has 0 aliphatic carbocycles. The van der Waals surface area contributed by atoms with Gasteiger partial charge in [-0.2, -0.15) is 16.4 Å². The first-order valence-corrected chi connectivity index (χ1v) is 8.82. The summed E-state index contributed by atoms with van der Waals surface area (Å²) in [6.45, 7) is 4.57. The molecule has 2 aromatic heterocycles. The molecule has 0 aliphatic heterocycles. The highest BCUT2D eigenvalue weighted by molar-refractivity contribution is 7.92. The van der Waals surface area contributed by atoms with Crippen molar-refractivity contribution in [3.8, 4) is 0 Å². The van der Waals surface area contributed by atoms with Crippen LogP contribution in [0.3, 0.4) is 0 Å². The summed E-state index contributed by atoms with van der Waals surface area (Å²) < 4.78 is 28.4. The van der Waals surface area contributed by atoms with E-state index in [1.807, 2.05) is 5.38 Å². The summed E-state index contributed by atoms with van der Waals surface area (Å²) in [6.07, 6.45) is 3.84. The van der Waals surface area contributed by atoms with Crippen LogP contribution in [0.4, 0.5) is 5.69 Å². The third-order valence-corrected chi connectivity index (χ3v) is 4.70. The van der Waals surface area contributed by atoms with Gasteiger partial charge in [-0.15, -0.1) is 0 Å². The lowest BCUT2D eigenvalue weighted by atomic mass is 10.4. The van der Waals surface area contributed by atoms with Crippen molar-refractivity contribution in [1.82, 2.24) is 15.1 Å². The normalized spacial score (nSPS) is 11.7. The van der Waals surface area contributed by atoms with E-state index in [2.05, 4.69) is 22.1 Å². The van der Waals surface area contributed by atoms with Crippen LogP contribution in [-0.4, -0.2) is 31.3 Å². The summed E-state index contributed by atoms with van der Waals surface area (Å²) in [5, 5.41) is 10.9. The maximum absolute atomic E-state index is 12.1. The van der Waals surface area contributed by atoms with Gasteiger partial charge < -0.3 is 5.32 Å². The minimum absolute atomic E-state index is 0.187. The van der Waals surface area contributed by atoms with Crippen LogP contribution in [0.25, 0.3) is 0 Å². The Morgan fingerprint density at radius 3 is 3.00 bits per heavy atom. The van der Waals surface area contributed by atoms with Gasteiger partial charge in [0.05, 0.1) is 11.9 Å². The number of nitrogens with one attached hydrogen (secondary N) is 2. The van der Waals surface area contributed by atoms with Gasteiger partial charge in [-0.05, 0) is 31.0 Å². The highest BCUT2D eigenvalue weighted by atomic mass is 32.2. The van der Waals surface area contributed by atoms with Crippen LogP contribution >= 0.6 is 11.3 Å². The second-order valence-electron chi connectivity index (χ2n) is 4.26. The van der Waals surface area contributed by atoms with Crippen LogP contribution in [0.5, 0.6) is 0 Å². The van der Waals surface area contributed by atoms with Crippen molar-refractivity contribution in [1.29, 1.82) is 0 Å². The van der Waals surface area contributed by atoms with Gasteiger partial charge in [0.2, 0.25) is 0 Å². The van der Waals surface area contributed by atoms with Crippen molar-refractivity contribution in [2.24, 2.45) is 0 Å². The van der Waals surface area contributed by atoms with Crippen molar-refractivity contribution in [3.05, 3.63) is 29.2 Å². The molecule has 0 aromatic carbocycles. The predicted molar refractivity (Wildman–Crippen MR) is 80.5 cm³/mol. The third kappa shape index (κ3) is 4.06. The molecule has 2 heterocycles. The first-order valence-electron chi connectivity index (χ1n) is 6.40. The molecule has 0 unspecified atom stereocenters. The number of nitrogens with zero attached hydrogens (tertiary/aromatic N) is 2. The Morgan fingerprint density at radius 2 is 2.30 bits per heavy atom. The first kappa shape index (κ1) is 15.0. The predicted octanol–water partition coefficient (Wildman–Crippen LogP) is 1.74. The van der Waals surface area contributed by atoms with E-state index in [0.717, 1.165) is 19.5 Å². The molecule has 0 amide bonds. The Bertz CT molecular complexity index is 620. The maximum atomic E-state index is 12.1. The van der Waals surface area contributed by atoms with E-state index in [1.54, 1.807) is 22.3 Å². The second kappa shape index (κ2) is 6.87. The molecule has 2 rings (SSSR count). The van der Waals surface area contributed by atoms with Gasteiger partial charge in [0, 0.05) is 18.1 Å². The molecule has 20 heavy (non-hydrogen) atoms. The molecule has 0 aliphatic rings. The average Bonchev–Trinajstić information content (AvgIpc) is 3.05. The fourth-order valence-electron chi connectivity index (χ4n) is 1.69. The van der Waals surface area contributed by atoms with Crippen molar-refractivity contribution in [2.75, 3.05) is 17.8 Å². The lowest BCUT2D eigenvalue weighted by Gasteiger charge is -2.03. The van der Waals surface area contributed by atoms with E-state index >= 15 is 0 Å². The third-order valence-electron chi connectivity index (χ3n) is 2.68. The monoisotopic (exact) mass is 314 g/mol. The summed E-state index contributed by atoms with van der Waals surface area (Å²) in [5.41, 5.74) is 0.579.